The van der Waals surface area contributed by atoms with E-state index in [0.717, 1.165) is 11.3 Å². The van der Waals surface area contributed by atoms with Crippen molar-refractivity contribution in [1.82, 2.24) is 0 Å². The molecular weight excluding hydrogens is 176 g/mol. The molecule has 0 fully saturated rings. The first kappa shape index (κ1) is 9.21. The lowest BCUT2D eigenvalue weighted by Gasteiger charge is -2.30. The van der Waals surface area contributed by atoms with Crippen LogP contribution in [0.5, 0.6) is 0 Å². The number of para-hydroxylation sites is 1. The Labute approximate surface area is 83.7 Å². The SMILES string of the molecule is Cc1ccccc1N1N=CCC1(C)O. The predicted octanol–water partition coefficient (Wildman–Crippen LogP) is 1.90. The van der Waals surface area contributed by atoms with Gasteiger partial charge in [0.15, 0.2) is 5.72 Å². The average Bonchev–Trinajstić information content (AvgIpc) is 2.46. The first-order valence-corrected chi connectivity index (χ1v) is 4.72. The summed E-state index contributed by atoms with van der Waals surface area (Å²) in [6.07, 6.45) is 2.31. The summed E-state index contributed by atoms with van der Waals surface area (Å²) in [6.45, 7) is 3.78. The maximum atomic E-state index is 10.0. The highest BCUT2D eigenvalue weighted by molar-refractivity contribution is 5.68. The van der Waals surface area contributed by atoms with Crippen LogP contribution in [0.4, 0.5) is 5.69 Å². The van der Waals surface area contributed by atoms with Crippen LogP contribution in [0, 0.1) is 6.92 Å². The fraction of sp³-hybridized carbons (Fsp3) is 0.364. The fourth-order valence-electron chi connectivity index (χ4n) is 1.63. The number of aryl methyl sites for hydroxylation is 1. The number of nitrogens with zero attached hydrogens (tertiary/aromatic N) is 2. The second-order valence-electron chi connectivity index (χ2n) is 3.82. The highest BCUT2D eigenvalue weighted by Gasteiger charge is 2.33. The molecule has 0 aliphatic carbocycles. The molecule has 3 heteroatoms. The minimum absolute atomic E-state index is 0.571. The number of aliphatic hydroxyl groups is 1. The highest BCUT2D eigenvalue weighted by Crippen LogP contribution is 2.30. The number of hydrogen-bond acceptors (Lipinski definition) is 3. The molecule has 1 unspecified atom stereocenters. The number of hydrogen-bond donors (Lipinski definition) is 1. The molecule has 1 aromatic carbocycles. The molecule has 1 heterocycles. The van der Waals surface area contributed by atoms with Gasteiger partial charge in [-0.05, 0) is 25.5 Å². The van der Waals surface area contributed by atoms with Gasteiger partial charge in [0.25, 0.3) is 0 Å². The zero-order chi connectivity index (χ0) is 10.2. The lowest BCUT2D eigenvalue weighted by atomic mass is 10.1. The van der Waals surface area contributed by atoms with Crippen molar-refractivity contribution in [2.45, 2.75) is 26.0 Å². The summed E-state index contributed by atoms with van der Waals surface area (Å²) in [5, 5.41) is 15.9. The Balaban J connectivity index is 2.41. The van der Waals surface area contributed by atoms with Gasteiger partial charge in [0.05, 0.1) is 5.69 Å². The van der Waals surface area contributed by atoms with E-state index in [1.807, 2.05) is 31.2 Å². The van der Waals surface area contributed by atoms with Gasteiger partial charge in [-0.25, -0.2) is 5.01 Å². The van der Waals surface area contributed by atoms with Crippen molar-refractivity contribution in [3.63, 3.8) is 0 Å². The minimum atomic E-state index is -0.883. The molecule has 1 atom stereocenters. The van der Waals surface area contributed by atoms with Crippen LogP contribution in [0.1, 0.15) is 18.9 Å². The van der Waals surface area contributed by atoms with Crippen molar-refractivity contribution in [1.29, 1.82) is 0 Å². The summed E-state index contributed by atoms with van der Waals surface area (Å²) >= 11 is 0. The topological polar surface area (TPSA) is 35.8 Å². The quantitative estimate of drug-likeness (QED) is 0.734. The number of anilines is 1. The molecule has 0 aromatic heterocycles. The van der Waals surface area contributed by atoms with Crippen LogP contribution in [0.2, 0.25) is 0 Å². The molecule has 0 spiro atoms. The van der Waals surface area contributed by atoms with Crippen molar-refractivity contribution in [2.75, 3.05) is 5.01 Å². The Morgan fingerprint density at radius 2 is 2.14 bits per heavy atom. The summed E-state index contributed by atoms with van der Waals surface area (Å²) in [5.41, 5.74) is 1.20. The lowest BCUT2D eigenvalue weighted by Crippen LogP contribution is -2.39. The number of benzene rings is 1. The minimum Gasteiger partial charge on any atom is -0.369 e. The molecule has 0 bridgehead atoms. The third-order valence-electron chi connectivity index (χ3n) is 2.48. The molecule has 0 saturated carbocycles. The monoisotopic (exact) mass is 190 g/mol. The van der Waals surface area contributed by atoms with Crippen molar-refractivity contribution >= 4 is 11.9 Å². The van der Waals surface area contributed by atoms with Gasteiger partial charge in [0.1, 0.15) is 0 Å². The van der Waals surface area contributed by atoms with Crippen LogP contribution in [-0.2, 0) is 0 Å². The van der Waals surface area contributed by atoms with Crippen molar-refractivity contribution in [3.8, 4) is 0 Å². The lowest BCUT2D eigenvalue weighted by molar-refractivity contribution is 0.0730. The zero-order valence-electron chi connectivity index (χ0n) is 8.44. The van der Waals surface area contributed by atoms with Gasteiger partial charge < -0.3 is 5.11 Å². The highest BCUT2D eigenvalue weighted by atomic mass is 16.3. The molecule has 2 rings (SSSR count). The van der Waals surface area contributed by atoms with E-state index in [-0.39, 0.29) is 0 Å². The molecule has 74 valence electrons. The molecule has 0 amide bonds. The summed E-state index contributed by atoms with van der Waals surface area (Å²) in [7, 11) is 0. The molecule has 1 aliphatic heterocycles. The maximum Gasteiger partial charge on any atom is 0.160 e. The van der Waals surface area contributed by atoms with E-state index in [0.29, 0.717) is 6.42 Å². The molecule has 1 aliphatic rings. The van der Waals surface area contributed by atoms with Gasteiger partial charge in [-0.2, -0.15) is 5.10 Å². The van der Waals surface area contributed by atoms with Crippen LogP contribution < -0.4 is 5.01 Å². The van der Waals surface area contributed by atoms with E-state index in [1.165, 1.54) is 0 Å². The molecule has 1 N–H and O–H groups in total. The van der Waals surface area contributed by atoms with Crippen LogP contribution >= 0.6 is 0 Å². The molecule has 14 heavy (non-hydrogen) atoms. The zero-order valence-corrected chi connectivity index (χ0v) is 8.44. The summed E-state index contributed by atoms with van der Waals surface area (Å²) in [5.74, 6) is 0. The number of rotatable bonds is 1. The van der Waals surface area contributed by atoms with Gasteiger partial charge in [-0.15, -0.1) is 0 Å². The second-order valence-corrected chi connectivity index (χ2v) is 3.82. The maximum absolute atomic E-state index is 10.0. The van der Waals surface area contributed by atoms with E-state index in [2.05, 4.69) is 5.10 Å². The Bertz CT molecular complexity index is 371. The molecular formula is C11H14N2O. The average molecular weight is 190 g/mol. The normalized spacial score (nSPS) is 25.8. The predicted molar refractivity (Wildman–Crippen MR) is 57.4 cm³/mol. The van der Waals surface area contributed by atoms with Gasteiger partial charge in [0, 0.05) is 12.6 Å². The molecule has 0 saturated heterocycles. The van der Waals surface area contributed by atoms with Crippen molar-refractivity contribution in [3.05, 3.63) is 29.8 Å². The summed E-state index contributed by atoms with van der Waals surface area (Å²) < 4.78 is 0. The van der Waals surface area contributed by atoms with Crippen LogP contribution in [0.15, 0.2) is 29.4 Å². The van der Waals surface area contributed by atoms with Crippen LogP contribution in [-0.4, -0.2) is 17.0 Å². The van der Waals surface area contributed by atoms with Gasteiger partial charge in [-0.3, -0.25) is 0 Å². The second kappa shape index (κ2) is 3.10. The Hall–Kier alpha value is -1.35. The summed E-state index contributed by atoms with van der Waals surface area (Å²) in [4.78, 5) is 0. The first-order chi connectivity index (χ1) is 6.61. The van der Waals surface area contributed by atoms with Gasteiger partial charge >= 0.3 is 0 Å². The van der Waals surface area contributed by atoms with E-state index >= 15 is 0 Å². The fourth-order valence-corrected chi connectivity index (χ4v) is 1.63. The summed E-state index contributed by atoms with van der Waals surface area (Å²) in [6, 6.07) is 7.91. The van der Waals surface area contributed by atoms with E-state index in [1.54, 1.807) is 18.1 Å². The molecule has 1 aromatic rings. The molecule has 0 radical (unpaired) electrons. The Kier molecular flexibility index (Phi) is 2.04. The first-order valence-electron chi connectivity index (χ1n) is 4.72. The van der Waals surface area contributed by atoms with E-state index in [9.17, 15) is 5.11 Å². The smallest absolute Gasteiger partial charge is 0.160 e. The van der Waals surface area contributed by atoms with E-state index in [4.69, 9.17) is 0 Å². The standard InChI is InChI=1S/C11H14N2O/c1-9-5-3-4-6-10(9)13-11(2,14)7-8-12-13/h3-6,8,14H,7H2,1-2H3. The largest absolute Gasteiger partial charge is 0.369 e. The Morgan fingerprint density at radius 1 is 1.43 bits per heavy atom. The van der Waals surface area contributed by atoms with E-state index < -0.39 is 5.72 Å². The van der Waals surface area contributed by atoms with Crippen LogP contribution in [0.3, 0.4) is 0 Å². The Morgan fingerprint density at radius 3 is 2.71 bits per heavy atom. The van der Waals surface area contributed by atoms with Crippen LogP contribution in [0.25, 0.3) is 0 Å². The van der Waals surface area contributed by atoms with Gasteiger partial charge in [-0.1, -0.05) is 18.2 Å². The van der Waals surface area contributed by atoms with Gasteiger partial charge in [0.2, 0.25) is 0 Å². The number of hydrazone groups is 1. The third kappa shape index (κ3) is 1.40. The van der Waals surface area contributed by atoms with Crippen molar-refractivity contribution in [2.24, 2.45) is 5.10 Å². The molecule has 3 nitrogen and oxygen atoms in total. The van der Waals surface area contributed by atoms with Crippen molar-refractivity contribution < 1.29 is 5.11 Å². The third-order valence-corrected chi connectivity index (χ3v) is 2.48.